The molecule has 1 amide bonds. The first-order valence-electron chi connectivity index (χ1n) is 7.69. The molecule has 1 aliphatic heterocycles. The zero-order valence-electron chi connectivity index (χ0n) is 12.6. The van der Waals surface area contributed by atoms with Crippen molar-refractivity contribution < 1.29 is 4.79 Å². The first-order chi connectivity index (χ1) is 9.67. The molecule has 0 atom stereocenters. The number of aromatic nitrogens is 2. The summed E-state index contributed by atoms with van der Waals surface area (Å²) in [5, 5.41) is 4.31. The average molecular weight is 278 g/mol. The van der Waals surface area contributed by atoms with Crippen molar-refractivity contribution >= 4 is 5.91 Å². The van der Waals surface area contributed by atoms with Gasteiger partial charge in [0, 0.05) is 25.3 Å². The molecule has 0 aliphatic carbocycles. The van der Waals surface area contributed by atoms with Crippen molar-refractivity contribution in [1.82, 2.24) is 14.7 Å². The van der Waals surface area contributed by atoms with Crippen LogP contribution in [0.25, 0.3) is 0 Å². The number of carbonyl (C=O) groups is 1. The van der Waals surface area contributed by atoms with Gasteiger partial charge in [0.2, 0.25) is 0 Å². The fourth-order valence-corrected chi connectivity index (χ4v) is 2.84. The smallest absolute Gasteiger partial charge is 0.257 e. The first-order valence-corrected chi connectivity index (χ1v) is 7.69. The predicted octanol–water partition coefficient (Wildman–Crippen LogP) is 1.80. The van der Waals surface area contributed by atoms with E-state index in [1.54, 1.807) is 6.20 Å². The molecular weight excluding hydrogens is 252 g/mol. The number of carbonyl (C=O) groups excluding carboxylic acids is 1. The van der Waals surface area contributed by atoms with Crippen LogP contribution in [0.3, 0.4) is 0 Å². The van der Waals surface area contributed by atoms with Crippen molar-refractivity contribution in [3.63, 3.8) is 0 Å². The van der Waals surface area contributed by atoms with Crippen LogP contribution in [-0.4, -0.2) is 40.2 Å². The molecule has 2 N–H and O–H groups in total. The lowest BCUT2D eigenvalue weighted by atomic mass is 9.94. The van der Waals surface area contributed by atoms with Gasteiger partial charge >= 0.3 is 0 Å². The topological polar surface area (TPSA) is 64.2 Å². The first kappa shape index (κ1) is 15.0. The monoisotopic (exact) mass is 278 g/mol. The fourth-order valence-electron chi connectivity index (χ4n) is 2.84. The Hall–Kier alpha value is -1.36. The van der Waals surface area contributed by atoms with Gasteiger partial charge < -0.3 is 10.6 Å². The average Bonchev–Trinajstić information content (AvgIpc) is 2.85. The van der Waals surface area contributed by atoms with E-state index < -0.39 is 0 Å². The SMILES string of the molecule is CCC1CCN(C(=O)c2cnn(CCCN)c2C)CC1. The molecule has 1 aromatic rings. The van der Waals surface area contributed by atoms with E-state index in [1.807, 2.05) is 16.5 Å². The summed E-state index contributed by atoms with van der Waals surface area (Å²) in [5.74, 6) is 0.920. The molecule has 0 bridgehead atoms. The second-order valence-electron chi connectivity index (χ2n) is 5.65. The molecular formula is C15H26N4O. The van der Waals surface area contributed by atoms with Crippen LogP contribution in [0.2, 0.25) is 0 Å². The summed E-state index contributed by atoms with van der Waals surface area (Å²) in [7, 11) is 0. The quantitative estimate of drug-likeness (QED) is 0.893. The molecule has 2 rings (SSSR count). The van der Waals surface area contributed by atoms with Gasteiger partial charge in [-0.15, -0.1) is 0 Å². The molecule has 5 heteroatoms. The maximum atomic E-state index is 12.6. The van der Waals surface area contributed by atoms with Crippen LogP contribution in [0.1, 0.15) is 48.7 Å². The van der Waals surface area contributed by atoms with Gasteiger partial charge in [-0.1, -0.05) is 13.3 Å². The lowest BCUT2D eigenvalue weighted by Gasteiger charge is -2.31. The summed E-state index contributed by atoms with van der Waals surface area (Å²) in [6.07, 6.45) is 6.07. The molecule has 1 aliphatic rings. The lowest BCUT2D eigenvalue weighted by Crippen LogP contribution is -2.38. The van der Waals surface area contributed by atoms with Crippen molar-refractivity contribution in [2.24, 2.45) is 11.7 Å². The van der Waals surface area contributed by atoms with Crippen molar-refractivity contribution in [3.05, 3.63) is 17.5 Å². The van der Waals surface area contributed by atoms with Gasteiger partial charge in [-0.2, -0.15) is 5.10 Å². The summed E-state index contributed by atoms with van der Waals surface area (Å²) in [5.41, 5.74) is 7.23. The molecule has 1 aromatic heterocycles. The van der Waals surface area contributed by atoms with Crippen molar-refractivity contribution in [2.75, 3.05) is 19.6 Å². The number of piperidine rings is 1. The standard InChI is InChI=1S/C15H26N4O/c1-3-13-5-9-18(10-6-13)15(20)14-11-17-19(12(14)2)8-4-7-16/h11,13H,3-10,16H2,1-2H3. The molecule has 0 aromatic carbocycles. The zero-order chi connectivity index (χ0) is 14.5. The molecule has 20 heavy (non-hydrogen) atoms. The molecule has 112 valence electrons. The van der Waals surface area contributed by atoms with Crippen LogP contribution in [0.5, 0.6) is 0 Å². The third-order valence-corrected chi connectivity index (χ3v) is 4.39. The van der Waals surface area contributed by atoms with Crippen LogP contribution in [0, 0.1) is 12.8 Å². The molecule has 0 spiro atoms. The highest BCUT2D eigenvalue weighted by Crippen LogP contribution is 2.22. The zero-order valence-corrected chi connectivity index (χ0v) is 12.6. The Morgan fingerprint density at radius 2 is 2.15 bits per heavy atom. The van der Waals surface area contributed by atoms with E-state index in [0.29, 0.717) is 6.54 Å². The van der Waals surface area contributed by atoms with Crippen LogP contribution in [0.4, 0.5) is 0 Å². The number of rotatable bonds is 5. The van der Waals surface area contributed by atoms with Gasteiger partial charge in [0.25, 0.3) is 5.91 Å². The largest absolute Gasteiger partial charge is 0.339 e. The van der Waals surface area contributed by atoms with Gasteiger partial charge in [-0.25, -0.2) is 0 Å². The normalized spacial score (nSPS) is 16.6. The number of aryl methyl sites for hydroxylation is 1. The lowest BCUT2D eigenvalue weighted by molar-refractivity contribution is 0.0688. The van der Waals surface area contributed by atoms with Crippen molar-refractivity contribution in [1.29, 1.82) is 0 Å². The number of hydrogen-bond acceptors (Lipinski definition) is 3. The molecule has 0 unspecified atom stereocenters. The molecule has 5 nitrogen and oxygen atoms in total. The summed E-state index contributed by atoms with van der Waals surface area (Å²) in [6.45, 7) is 7.39. The number of hydrogen-bond donors (Lipinski definition) is 1. The van der Waals surface area contributed by atoms with E-state index in [9.17, 15) is 4.79 Å². The van der Waals surface area contributed by atoms with Gasteiger partial charge in [0.1, 0.15) is 0 Å². The van der Waals surface area contributed by atoms with E-state index >= 15 is 0 Å². The number of likely N-dealkylation sites (tertiary alicyclic amines) is 1. The Kier molecular flexibility index (Phi) is 5.17. The van der Waals surface area contributed by atoms with Gasteiger partial charge in [-0.05, 0) is 38.6 Å². The minimum Gasteiger partial charge on any atom is -0.339 e. The Bertz CT molecular complexity index is 447. The summed E-state index contributed by atoms with van der Waals surface area (Å²) in [4.78, 5) is 14.5. The highest BCUT2D eigenvalue weighted by atomic mass is 16.2. The third-order valence-electron chi connectivity index (χ3n) is 4.39. The Morgan fingerprint density at radius 1 is 1.45 bits per heavy atom. The van der Waals surface area contributed by atoms with E-state index in [4.69, 9.17) is 5.73 Å². The molecule has 2 heterocycles. The molecule has 0 saturated carbocycles. The highest BCUT2D eigenvalue weighted by molar-refractivity contribution is 5.95. The van der Waals surface area contributed by atoms with Crippen LogP contribution >= 0.6 is 0 Å². The van der Waals surface area contributed by atoms with Gasteiger partial charge in [-0.3, -0.25) is 9.48 Å². The number of amides is 1. The Labute approximate surface area is 121 Å². The van der Waals surface area contributed by atoms with Crippen LogP contribution in [-0.2, 0) is 6.54 Å². The minimum absolute atomic E-state index is 0.135. The van der Waals surface area contributed by atoms with E-state index in [2.05, 4.69) is 12.0 Å². The van der Waals surface area contributed by atoms with E-state index in [1.165, 1.54) is 6.42 Å². The van der Waals surface area contributed by atoms with Crippen LogP contribution < -0.4 is 5.73 Å². The number of nitrogens with zero attached hydrogens (tertiary/aromatic N) is 3. The second-order valence-corrected chi connectivity index (χ2v) is 5.65. The van der Waals surface area contributed by atoms with E-state index in [-0.39, 0.29) is 5.91 Å². The predicted molar refractivity (Wildman–Crippen MR) is 79.6 cm³/mol. The maximum Gasteiger partial charge on any atom is 0.257 e. The Morgan fingerprint density at radius 3 is 2.75 bits per heavy atom. The summed E-state index contributed by atoms with van der Waals surface area (Å²) in [6, 6.07) is 0. The van der Waals surface area contributed by atoms with Crippen molar-refractivity contribution in [3.8, 4) is 0 Å². The summed E-state index contributed by atoms with van der Waals surface area (Å²) >= 11 is 0. The fraction of sp³-hybridized carbons (Fsp3) is 0.733. The molecule has 1 fully saturated rings. The van der Waals surface area contributed by atoms with Gasteiger partial charge in [0.15, 0.2) is 0 Å². The summed E-state index contributed by atoms with van der Waals surface area (Å²) < 4.78 is 1.89. The molecule has 1 saturated heterocycles. The van der Waals surface area contributed by atoms with E-state index in [0.717, 1.165) is 56.1 Å². The van der Waals surface area contributed by atoms with Crippen LogP contribution in [0.15, 0.2) is 6.20 Å². The van der Waals surface area contributed by atoms with Gasteiger partial charge in [0.05, 0.1) is 11.8 Å². The minimum atomic E-state index is 0.135. The maximum absolute atomic E-state index is 12.6. The second kappa shape index (κ2) is 6.88. The number of nitrogens with two attached hydrogens (primary N) is 1. The molecule has 0 radical (unpaired) electrons. The Balaban J connectivity index is 2.01. The third kappa shape index (κ3) is 3.20. The highest BCUT2D eigenvalue weighted by Gasteiger charge is 2.25. The van der Waals surface area contributed by atoms with Crippen molar-refractivity contribution in [2.45, 2.75) is 46.1 Å².